The number of hydrogen-bond acceptors (Lipinski definition) is 4. The first-order chi connectivity index (χ1) is 11.5. The Morgan fingerprint density at radius 3 is 2.38 bits per heavy atom. The van der Waals surface area contributed by atoms with Crippen molar-refractivity contribution in [3.05, 3.63) is 23.8 Å². The first-order valence-corrected chi connectivity index (χ1v) is 8.27. The van der Waals surface area contributed by atoms with Crippen LogP contribution in [0.1, 0.15) is 38.7 Å². The first kappa shape index (κ1) is 18.1. The van der Waals surface area contributed by atoms with Crippen LogP contribution in [0, 0.1) is 5.41 Å². The molecule has 24 heavy (non-hydrogen) atoms. The molecule has 1 aliphatic carbocycles. The SMILES string of the molecule is CCC(C)NC(=O)C1(C(=O)NCc2ccc(OC)c(OC)c2)CC1. The number of benzene rings is 1. The molecule has 0 aromatic heterocycles. The molecule has 2 amide bonds. The van der Waals surface area contributed by atoms with Crippen LogP contribution in [0.25, 0.3) is 0 Å². The number of amides is 2. The summed E-state index contributed by atoms with van der Waals surface area (Å²) in [7, 11) is 3.14. The van der Waals surface area contributed by atoms with Crippen LogP contribution in [-0.4, -0.2) is 32.1 Å². The molecular formula is C18H26N2O4. The van der Waals surface area contributed by atoms with Crippen molar-refractivity contribution in [1.29, 1.82) is 0 Å². The Labute approximate surface area is 142 Å². The van der Waals surface area contributed by atoms with Gasteiger partial charge >= 0.3 is 0 Å². The summed E-state index contributed by atoms with van der Waals surface area (Å²) < 4.78 is 10.5. The average molecular weight is 334 g/mol. The van der Waals surface area contributed by atoms with Gasteiger partial charge in [0.25, 0.3) is 0 Å². The molecule has 0 aliphatic heterocycles. The standard InChI is InChI=1S/C18H26N2O4/c1-5-12(2)20-17(22)18(8-9-18)16(21)19-11-13-6-7-14(23-3)15(10-13)24-4/h6-7,10,12H,5,8-9,11H2,1-4H3,(H,19,21)(H,20,22). The quantitative estimate of drug-likeness (QED) is 0.713. The molecule has 1 aliphatic rings. The van der Waals surface area contributed by atoms with Gasteiger partial charge in [-0.15, -0.1) is 0 Å². The van der Waals surface area contributed by atoms with Crippen molar-refractivity contribution in [3.63, 3.8) is 0 Å². The van der Waals surface area contributed by atoms with Gasteiger partial charge in [-0.05, 0) is 43.9 Å². The van der Waals surface area contributed by atoms with Gasteiger partial charge in [0.15, 0.2) is 11.5 Å². The molecule has 0 spiro atoms. The normalized spacial score (nSPS) is 16.0. The molecule has 2 N–H and O–H groups in total. The van der Waals surface area contributed by atoms with Gasteiger partial charge in [-0.25, -0.2) is 0 Å². The topological polar surface area (TPSA) is 76.7 Å². The molecular weight excluding hydrogens is 308 g/mol. The maximum atomic E-state index is 12.5. The lowest BCUT2D eigenvalue weighted by Crippen LogP contribution is -2.45. The van der Waals surface area contributed by atoms with E-state index in [0.717, 1.165) is 12.0 Å². The molecule has 6 nitrogen and oxygen atoms in total. The zero-order valence-corrected chi connectivity index (χ0v) is 14.8. The van der Waals surface area contributed by atoms with E-state index >= 15 is 0 Å². The highest BCUT2D eigenvalue weighted by atomic mass is 16.5. The van der Waals surface area contributed by atoms with Gasteiger partial charge in [0.2, 0.25) is 11.8 Å². The molecule has 1 unspecified atom stereocenters. The third-order valence-corrected chi connectivity index (χ3v) is 4.51. The van der Waals surface area contributed by atoms with Gasteiger partial charge in [-0.2, -0.15) is 0 Å². The van der Waals surface area contributed by atoms with Gasteiger partial charge in [0.1, 0.15) is 5.41 Å². The lowest BCUT2D eigenvalue weighted by molar-refractivity contribution is -0.137. The summed E-state index contributed by atoms with van der Waals surface area (Å²) in [6.45, 7) is 4.29. The van der Waals surface area contributed by atoms with Crippen molar-refractivity contribution in [2.75, 3.05) is 14.2 Å². The Morgan fingerprint density at radius 2 is 1.83 bits per heavy atom. The Hall–Kier alpha value is -2.24. The molecule has 1 aromatic rings. The molecule has 1 saturated carbocycles. The predicted molar refractivity (Wildman–Crippen MR) is 91.0 cm³/mol. The fraction of sp³-hybridized carbons (Fsp3) is 0.556. The summed E-state index contributed by atoms with van der Waals surface area (Å²) >= 11 is 0. The summed E-state index contributed by atoms with van der Waals surface area (Å²) in [5.41, 5.74) is -0.000815. The van der Waals surface area contributed by atoms with Crippen molar-refractivity contribution in [2.45, 2.75) is 45.7 Å². The highest BCUT2D eigenvalue weighted by molar-refractivity contribution is 6.07. The van der Waals surface area contributed by atoms with Crippen LogP contribution in [0.2, 0.25) is 0 Å². The van der Waals surface area contributed by atoms with Gasteiger partial charge in [0.05, 0.1) is 14.2 Å². The van der Waals surface area contributed by atoms with Crippen LogP contribution >= 0.6 is 0 Å². The van der Waals surface area contributed by atoms with E-state index in [9.17, 15) is 9.59 Å². The Bertz CT molecular complexity index is 611. The molecule has 0 bridgehead atoms. The summed E-state index contributed by atoms with van der Waals surface area (Å²) in [5.74, 6) is 0.874. The summed E-state index contributed by atoms with van der Waals surface area (Å²) in [6.07, 6.45) is 2.05. The fourth-order valence-corrected chi connectivity index (χ4v) is 2.49. The lowest BCUT2D eigenvalue weighted by Gasteiger charge is -2.18. The summed E-state index contributed by atoms with van der Waals surface area (Å²) in [5, 5.41) is 5.77. The second-order valence-electron chi connectivity index (χ2n) is 6.24. The second kappa shape index (κ2) is 7.55. The lowest BCUT2D eigenvalue weighted by atomic mass is 10.0. The van der Waals surface area contributed by atoms with Gasteiger partial charge in [-0.1, -0.05) is 13.0 Å². The highest BCUT2D eigenvalue weighted by Crippen LogP contribution is 2.46. The molecule has 0 radical (unpaired) electrons. The number of methoxy groups -OCH3 is 2. The van der Waals surface area contributed by atoms with Crippen molar-refractivity contribution in [1.82, 2.24) is 10.6 Å². The second-order valence-corrected chi connectivity index (χ2v) is 6.24. The highest BCUT2D eigenvalue weighted by Gasteiger charge is 2.56. The molecule has 0 saturated heterocycles. The molecule has 0 heterocycles. The molecule has 2 rings (SSSR count). The van der Waals surface area contributed by atoms with E-state index in [1.807, 2.05) is 26.0 Å². The minimum absolute atomic E-state index is 0.0774. The number of rotatable bonds is 8. The predicted octanol–water partition coefficient (Wildman–Crippen LogP) is 2.01. The van der Waals surface area contributed by atoms with Crippen LogP contribution in [0.4, 0.5) is 0 Å². The zero-order valence-electron chi connectivity index (χ0n) is 14.8. The molecule has 1 fully saturated rings. The molecule has 1 aromatic carbocycles. The van der Waals surface area contributed by atoms with Crippen LogP contribution in [0.5, 0.6) is 11.5 Å². The zero-order chi connectivity index (χ0) is 17.7. The maximum absolute atomic E-state index is 12.5. The average Bonchev–Trinajstić information content (AvgIpc) is 3.41. The van der Waals surface area contributed by atoms with Crippen molar-refractivity contribution in [3.8, 4) is 11.5 Å². The Balaban J connectivity index is 1.97. The Kier molecular flexibility index (Phi) is 5.70. The number of carbonyl (C=O) groups excluding carboxylic acids is 2. The third kappa shape index (κ3) is 3.80. The monoisotopic (exact) mass is 334 g/mol. The van der Waals surface area contributed by atoms with E-state index in [2.05, 4.69) is 10.6 Å². The van der Waals surface area contributed by atoms with E-state index in [-0.39, 0.29) is 17.9 Å². The van der Waals surface area contributed by atoms with E-state index in [1.54, 1.807) is 20.3 Å². The molecule has 6 heteroatoms. The van der Waals surface area contributed by atoms with Crippen LogP contribution in [-0.2, 0) is 16.1 Å². The third-order valence-electron chi connectivity index (χ3n) is 4.51. The molecule has 1 atom stereocenters. The van der Waals surface area contributed by atoms with Crippen molar-refractivity contribution < 1.29 is 19.1 Å². The fourth-order valence-electron chi connectivity index (χ4n) is 2.49. The smallest absolute Gasteiger partial charge is 0.235 e. The van der Waals surface area contributed by atoms with Gasteiger partial charge < -0.3 is 20.1 Å². The first-order valence-electron chi connectivity index (χ1n) is 8.27. The van der Waals surface area contributed by atoms with E-state index in [1.165, 1.54) is 0 Å². The van der Waals surface area contributed by atoms with Crippen molar-refractivity contribution in [2.24, 2.45) is 5.41 Å². The largest absolute Gasteiger partial charge is 0.493 e. The van der Waals surface area contributed by atoms with Crippen LogP contribution in [0.15, 0.2) is 18.2 Å². The van der Waals surface area contributed by atoms with Crippen LogP contribution in [0.3, 0.4) is 0 Å². The summed E-state index contributed by atoms with van der Waals surface area (Å²) in [4.78, 5) is 24.8. The van der Waals surface area contributed by atoms with Crippen molar-refractivity contribution >= 4 is 11.8 Å². The van der Waals surface area contributed by atoms with E-state index in [0.29, 0.717) is 30.9 Å². The number of hydrogen-bond donors (Lipinski definition) is 2. The molecule has 132 valence electrons. The number of nitrogens with one attached hydrogen (secondary N) is 2. The number of carbonyl (C=O) groups is 2. The Morgan fingerprint density at radius 1 is 1.17 bits per heavy atom. The number of ether oxygens (including phenoxy) is 2. The van der Waals surface area contributed by atoms with E-state index < -0.39 is 5.41 Å². The maximum Gasteiger partial charge on any atom is 0.235 e. The van der Waals surface area contributed by atoms with E-state index in [4.69, 9.17) is 9.47 Å². The minimum atomic E-state index is -0.889. The summed E-state index contributed by atoms with van der Waals surface area (Å²) in [6, 6.07) is 5.55. The minimum Gasteiger partial charge on any atom is -0.493 e. The van der Waals surface area contributed by atoms with Crippen LogP contribution < -0.4 is 20.1 Å². The van der Waals surface area contributed by atoms with Gasteiger partial charge in [-0.3, -0.25) is 9.59 Å². The van der Waals surface area contributed by atoms with Gasteiger partial charge in [0, 0.05) is 12.6 Å².